The highest BCUT2D eigenvalue weighted by Gasteiger charge is 2.14. The molecule has 100 valence electrons. The van der Waals surface area contributed by atoms with Crippen LogP contribution in [0.1, 0.15) is 25.0 Å². The highest BCUT2D eigenvalue weighted by atomic mass is 16.7. The van der Waals surface area contributed by atoms with Gasteiger partial charge in [0, 0.05) is 0 Å². The summed E-state index contributed by atoms with van der Waals surface area (Å²) in [5.41, 5.74) is 3.22. The van der Waals surface area contributed by atoms with E-state index in [4.69, 9.17) is 9.84 Å². The van der Waals surface area contributed by atoms with E-state index in [0.29, 0.717) is 0 Å². The van der Waals surface area contributed by atoms with Gasteiger partial charge in [-0.3, -0.25) is 4.57 Å². The fourth-order valence-corrected chi connectivity index (χ4v) is 2.14. The van der Waals surface area contributed by atoms with Crippen LogP contribution in [0.5, 0.6) is 5.88 Å². The van der Waals surface area contributed by atoms with E-state index in [1.807, 2.05) is 18.2 Å². The summed E-state index contributed by atoms with van der Waals surface area (Å²) in [5, 5.41) is 8.75. The number of carboxylic acid groups (broad SMARTS) is 1. The summed E-state index contributed by atoms with van der Waals surface area (Å²) in [5.74, 6) is 0.211. The summed E-state index contributed by atoms with van der Waals surface area (Å²) >= 11 is 0. The molecule has 0 spiro atoms. The van der Waals surface area contributed by atoms with Crippen molar-refractivity contribution in [1.82, 2.24) is 9.55 Å². The third-order valence-corrected chi connectivity index (χ3v) is 3.00. The molecule has 1 N–H and O–H groups in total. The molecule has 0 fully saturated rings. The number of para-hydroxylation sites is 1. The van der Waals surface area contributed by atoms with Crippen LogP contribution in [0.3, 0.4) is 0 Å². The van der Waals surface area contributed by atoms with Crippen molar-refractivity contribution in [2.45, 2.75) is 26.7 Å². The van der Waals surface area contributed by atoms with Gasteiger partial charge >= 0.3 is 6.16 Å². The van der Waals surface area contributed by atoms with Crippen LogP contribution in [0.2, 0.25) is 0 Å². The molecule has 19 heavy (non-hydrogen) atoms. The zero-order chi connectivity index (χ0) is 13.8. The summed E-state index contributed by atoms with van der Waals surface area (Å²) in [6.07, 6.45) is 3.35. The van der Waals surface area contributed by atoms with Gasteiger partial charge in [-0.05, 0) is 24.0 Å². The minimum absolute atomic E-state index is 0.211. The van der Waals surface area contributed by atoms with Crippen LogP contribution in [0, 0.1) is 0 Å². The van der Waals surface area contributed by atoms with Crippen LogP contribution < -0.4 is 4.74 Å². The molecule has 0 radical (unpaired) electrons. The second-order valence-electron chi connectivity index (χ2n) is 4.10. The predicted molar refractivity (Wildman–Crippen MR) is 71.0 cm³/mol. The average molecular weight is 260 g/mol. The van der Waals surface area contributed by atoms with Gasteiger partial charge in [-0.2, -0.15) is 0 Å². The Morgan fingerprint density at radius 3 is 2.47 bits per heavy atom. The number of nitrogens with zero attached hydrogens (tertiary/aromatic N) is 2. The van der Waals surface area contributed by atoms with Gasteiger partial charge in [0.05, 0.1) is 11.9 Å². The van der Waals surface area contributed by atoms with Gasteiger partial charge in [0.25, 0.3) is 0 Å². The van der Waals surface area contributed by atoms with Gasteiger partial charge in [-0.15, -0.1) is 0 Å². The summed E-state index contributed by atoms with van der Waals surface area (Å²) in [7, 11) is 0. The Kier molecular flexibility index (Phi) is 3.85. The molecule has 1 aromatic carbocycles. The summed E-state index contributed by atoms with van der Waals surface area (Å²) < 4.78 is 6.44. The molecule has 0 unspecified atom stereocenters. The molecule has 0 aliphatic carbocycles. The molecule has 0 aliphatic heterocycles. The van der Waals surface area contributed by atoms with E-state index in [2.05, 4.69) is 18.8 Å². The van der Waals surface area contributed by atoms with Crippen molar-refractivity contribution in [2.24, 2.45) is 0 Å². The van der Waals surface area contributed by atoms with Gasteiger partial charge in [0.2, 0.25) is 5.88 Å². The van der Waals surface area contributed by atoms with E-state index >= 15 is 0 Å². The molecule has 1 aromatic heterocycles. The first-order valence-corrected chi connectivity index (χ1v) is 6.21. The van der Waals surface area contributed by atoms with Crippen molar-refractivity contribution in [3.05, 3.63) is 41.9 Å². The number of ether oxygens (including phenoxy) is 1. The molecular weight excluding hydrogens is 244 g/mol. The monoisotopic (exact) mass is 260 g/mol. The van der Waals surface area contributed by atoms with E-state index in [9.17, 15) is 4.79 Å². The maximum Gasteiger partial charge on any atom is 0.512 e. The largest absolute Gasteiger partial charge is 0.512 e. The van der Waals surface area contributed by atoms with E-state index < -0.39 is 6.16 Å². The fourth-order valence-electron chi connectivity index (χ4n) is 2.14. The fraction of sp³-hybridized carbons (Fsp3) is 0.286. The molecule has 5 nitrogen and oxygen atoms in total. The third-order valence-electron chi connectivity index (χ3n) is 3.00. The van der Waals surface area contributed by atoms with Crippen LogP contribution in [0.25, 0.3) is 5.69 Å². The molecule has 0 atom stereocenters. The SMILES string of the molecule is CCc1cccc(CC)c1-n1cncc1OC(=O)O. The standard InChI is InChI=1S/C14H16N2O3/c1-3-10-6-5-7-11(4-2)13(10)16-9-15-8-12(16)19-14(17)18/h5-9H,3-4H2,1-2H3,(H,17,18). The lowest BCUT2D eigenvalue weighted by Crippen LogP contribution is -2.09. The highest BCUT2D eigenvalue weighted by Crippen LogP contribution is 2.26. The Morgan fingerprint density at radius 2 is 1.95 bits per heavy atom. The first-order valence-electron chi connectivity index (χ1n) is 6.21. The molecule has 0 aliphatic rings. The molecule has 0 amide bonds. The van der Waals surface area contributed by atoms with Crippen molar-refractivity contribution in [3.63, 3.8) is 0 Å². The minimum Gasteiger partial charge on any atom is -0.449 e. The maximum atomic E-state index is 10.7. The normalized spacial score (nSPS) is 10.4. The second-order valence-corrected chi connectivity index (χ2v) is 4.10. The molecule has 0 saturated carbocycles. The number of benzene rings is 1. The molecule has 2 rings (SSSR count). The molecule has 2 aromatic rings. The zero-order valence-electron chi connectivity index (χ0n) is 11.0. The minimum atomic E-state index is -1.34. The van der Waals surface area contributed by atoms with Gasteiger partial charge in [0.15, 0.2) is 0 Å². The third kappa shape index (κ3) is 2.59. The van der Waals surface area contributed by atoms with Crippen LogP contribution in [-0.2, 0) is 12.8 Å². The number of hydrogen-bond acceptors (Lipinski definition) is 3. The number of aryl methyl sites for hydroxylation is 2. The number of carbonyl (C=O) groups is 1. The second kappa shape index (κ2) is 5.56. The lowest BCUT2D eigenvalue weighted by molar-refractivity contribution is 0.141. The van der Waals surface area contributed by atoms with E-state index in [-0.39, 0.29) is 5.88 Å². The lowest BCUT2D eigenvalue weighted by Gasteiger charge is -2.15. The van der Waals surface area contributed by atoms with Crippen LogP contribution >= 0.6 is 0 Å². The van der Waals surface area contributed by atoms with Gasteiger partial charge in [0.1, 0.15) is 6.33 Å². The molecular formula is C14H16N2O3. The van der Waals surface area contributed by atoms with Crippen LogP contribution in [0.4, 0.5) is 4.79 Å². The zero-order valence-corrected chi connectivity index (χ0v) is 11.0. The quantitative estimate of drug-likeness (QED) is 0.858. The van der Waals surface area contributed by atoms with E-state index in [0.717, 1.165) is 29.7 Å². The summed E-state index contributed by atoms with van der Waals surface area (Å²) in [6.45, 7) is 4.12. The number of imidazole rings is 1. The van der Waals surface area contributed by atoms with Gasteiger partial charge in [-0.25, -0.2) is 9.78 Å². The number of hydrogen-bond donors (Lipinski definition) is 1. The Labute approximate surface area is 111 Å². The van der Waals surface area contributed by atoms with Gasteiger partial charge < -0.3 is 9.84 Å². The number of aromatic nitrogens is 2. The maximum absolute atomic E-state index is 10.7. The Morgan fingerprint density at radius 1 is 1.32 bits per heavy atom. The van der Waals surface area contributed by atoms with Crippen molar-refractivity contribution in [2.75, 3.05) is 0 Å². The first kappa shape index (κ1) is 13.1. The van der Waals surface area contributed by atoms with Crippen LogP contribution in [-0.4, -0.2) is 20.8 Å². The van der Waals surface area contributed by atoms with Crippen molar-refractivity contribution >= 4 is 6.16 Å². The molecule has 0 bridgehead atoms. The summed E-state index contributed by atoms with van der Waals surface area (Å²) in [6, 6.07) is 6.06. The van der Waals surface area contributed by atoms with Crippen molar-refractivity contribution < 1.29 is 14.6 Å². The Bertz CT molecular complexity index is 568. The smallest absolute Gasteiger partial charge is 0.449 e. The van der Waals surface area contributed by atoms with Crippen molar-refractivity contribution in [1.29, 1.82) is 0 Å². The van der Waals surface area contributed by atoms with Crippen molar-refractivity contribution in [3.8, 4) is 11.6 Å². The van der Waals surface area contributed by atoms with E-state index in [1.54, 1.807) is 10.9 Å². The molecule has 5 heteroatoms. The average Bonchev–Trinajstić information content (AvgIpc) is 2.84. The Balaban J connectivity index is 2.58. The molecule has 1 heterocycles. The predicted octanol–water partition coefficient (Wildman–Crippen LogP) is 3.05. The Hall–Kier alpha value is -2.30. The van der Waals surface area contributed by atoms with Crippen LogP contribution in [0.15, 0.2) is 30.7 Å². The number of rotatable bonds is 4. The lowest BCUT2D eigenvalue weighted by atomic mass is 10.0. The highest BCUT2D eigenvalue weighted by molar-refractivity contribution is 5.61. The summed E-state index contributed by atoms with van der Waals surface area (Å²) in [4.78, 5) is 14.7. The first-order chi connectivity index (χ1) is 9.17. The topological polar surface area (TPSA) is 64.4 Å². The van der Waals surface area contributed by atoms with E-state index in [1.165, 1.54) is 6.20 Å². The van der Waals surface area contributed by atoms with Gasteiger partial charge in [-0.1, -0.05) is 32.0 Å². The molecule has 0 saturated heterocycles.